The van der Waals surface area contributed by atoms with Gasteiger partial charge in [-0.25, -0.2) is 0 Å². The number of pyridine rings is 2. The molecular formula is C12H12BrN3. The van der Waals surface area contributed by atoms with Crippen LogP contribution in [0.4, 0.5) is 5.69 Å². The van der Waals surface area contributed by atoms with Gasteiger partial charge in [0.25, 0.3) is 0 Å². The van der Waals surface area contributed by atoms with E-state index in [-0.39, 0.29) is 0 Å². The number of anilines is 1. The third-order valence-electron chi connectivity index (χ3n) is 2.17. The molecule has 0 amide bonds. The molecule has 0 aliphatic heterocycles. The first-order valence-corrected chi connectivity index (χ1v) is 5.80. The molecular weight excluding hydrogens is 266 g/mol. The van der Waals surface area contributed by atoms with Gasteiger partial charge < -0.3 is 5.32 Å². The Balaban J connectivity index is 1.97. The number of nitrogens with one attached hydrogen (secondary N) is 1. The minimum absolute atomic E-state index is 0.706. The summed E-state index contributed by atoms with van der Waals surface area (Å²) in [6.45, 7) is 2.68. The second-order valence-electron chi connectivity index (χ2n) is 3.51. The molecule has 0 fully saturated rings. The Bertz CT molecular complexity index is 405. The Kier molecular flexibility index (Phi) is 3.51. The molecule has 0 aliphatic rings. The van der Waals surface area contributed by atoms with Crippen molar-refractivity contribution in [3.05, 3.63) is 52.5 Å². The molecule has 3 nitrogen and oxygen atoms in total. The van der Waals surface area contributed by atoms with Gasteiger partial charge in [-0.05, 0) is 47.1 Å². The van der Waals surface area contributed by atoms with Crippen molar-refractivity contribution in [2.75, 3.05) is 5.32 Å². The van der Waals surface area contributed by atoms with Crippen molar-refractivity contribution in [2.45, 2.75) is 13.5 Å². The number of hydrogen-bond acceptors (Lipinski definition) is 3. The molecule has 0 aromatic carbocycles. The van der Waals surface area contributed by atoms with Crippen molar-refractivity contribution in [2.24, 2.45) is 0 Å². The zero-order valence-corrected chi connectivity index (χ0v) is 10.5. The third-order valence-corrected chi connectivity index (χ3v) is 2.64. The fourth-order valence-electron chi connectivity index (χ4n) is 1.28. The lowest BCUT2D eigenvalue weighted by Crippen LogP contribution is -2.01. The quantitative estimate of drug-likeness (QED) is 0.937. The molecule has 0 bridgehead atoms. The smallest absolute Gasteiger partial charge is 0.0595 e. The maximum atomic E-state index is 4.28. The van der Waals surface area contributed by atoms with E-state index in [1.54, 1.807) is 6.20 Å². The minimum Gasteiger partial charge on any atom is -0.378 e. The summed E-state index contributed by atoms with van der Waals surface area (Å²) in [6.07, 6.45) is 3.62. The lowest BCUT2D eigenvalue weighted by molar-refractivity contribution is 1.04. The molecule has 1 N–H and O–H groups in total. The van der Waals surface area contributed by atoms with Gasteiger partial charge in [-0.1, -0.05) is 0 Å². The molecule has 0 atom stereocenters. The van der Waals surface area contributed by atoms with Crippen molar-refractivity contribution in [3.63, 3.8) is 0 Å². The van der Waals surface area contributed by atoms with Gasteiger partial charge in [-0.3, -0.25) is 9.97 Å². The summed E-state index contributed by atoms with van der Waals surface area (Å²) >= 11 is 3.36. The summed E-state index contributed by atoms with van der Waals surface area (Å²) in [5, 5.41) is 3.27. The number of aryl methyl sites for hydroxylation is 1. The number of hydrogen-bond donors (Lipinski definition) is 1. The van der Waals surface area contributed by atoms with Gasteiger partial charge in [0.2, 0.25) is 0 Å². The standard InChI is InChI=1S/C12H12BrN3/c1-9-2-4-11(7-14-9)16-8-12-5-3-10(13)6-15-12/h2-7,16H,8H2,1H3. The topological polar surface area (TPSA) is 37.8 Å². The molecule has 0 saturated heterocycles. The molecule has 0 spiro atoms. The van der Waals surface area contributed by atoms with Gasteiger partial charge in [-0.15, -0.1) is 0 Å². The van der Waals surface area contributed by atoms with E-state index in [2.05, 4.69) is 31.2 Å². The van der Waals surface area contributed by atoms with Crippen molar-refractivity contribution < 1.29 is 0 Å². The lowest BCUT2D eigenvalue weighted by atomic mass is 10.3. The summed E-state index contributed by atoms with van der Waals surface area (Å²) in [5.74, 6) is 0. The van der Waals surface area contributed by atoms with Crippen LogP contribution in [0.1, 0.15) is 11.4 Å². The summed E-state index contributed by atoms with van der Waals surface area (Å²) in [7, 11) is 0. The van der Waals surface area contributed by atoms with Crippen LogP contribution in [0, 0.1) is 6.92 Å². The molecule has 0 radical (unpaired) electrons. The second kappa shape index (κ2) is 5.07. The zero-order valence-electron chi connectivity index (χ0n) is 8.94. The Labute approximate surface area is 103 Å². The van der Waals surface area contributed by atoms with Crippen LogP contribution >= 0.6 is 15.9 Å². The highest BCUT2D eigenvalue weighted by Gasteiger charge is 1.95. The third kappa shape index (κ3) is 3.03. The Morgan fingerprint density at radius 3 is 2.62 bits per heavy atom. The van der Waals surface area contributed by atoms with E-state index in [1.165, 1.54) is 0 Å². The van der Waals surface area contributed by atoms with Gasteiger partial charge >= 0.3 is 0 Å². The number of aromatic nitrogens is 2. The minimum atomic E-state index is 0.706. The molecule has 2 heterocycles. The molecule has 2 aromatic rings. The van der Waals surface area contributed by atoms with Crippen LogP contribution in [0.15, 0.2) is 41.1 Å². The zero-order chi connectivity index (χ0) is 11.4. The lowest BCUT2D eigenvalue weighted by Gasteiger charge is -2.05. The SMILES string of the molecule is Cc1ccc(NCc2ccc(Br)cn2)cn1. The molecule has 82 valence electrons. The number of nitrogens with zero attached hydrogens (tertiary/aromatic N) is 2. The Morgan fingerprint density at radius 1 is 1.12 bits per heavy atom. The summed E-state index contributed by atoms with van der Waals surface area (Å²) < 4.78 is 0.994. The number of halogens is 1. The highest BCUT2D eigenvalue weighted by atomic mass is 79.9. The van der Waals surface area contributed by atoms with Crippen LogP contribution < -0.4 is 5.32 Å². The summed E-state index contributed by atoms with van der Waals surface area (Å²) in [6, 6.07) is 7.97. The van der Waals surface area contributed by atoms with E-state index in [0.29, 0.717) is 6.54 Å². The molecule has 4 heteroatoms. The fraction of sp³-hybridized carbons (Fsp3) is 0.167. The Hall–Kier alpha value is -1.42. The predicted molar refractivity (Wildman–Crippen MR) is 68.2 cm³/mol. The molecule has 16 heavy (non-hydrogen) atoms. The van der Waals surface area contributed by atoms with Gasteiger partial charge in [0, 0.05) is 16.4 Å². The summed E-state index contributed by atoms with van der Waals surface area (Å²) in [4.78, 5) is 8.50. The average Bonchev–Trinajstić information content (AvgIpc) is 2.30. The molecule has 2 aromatic heterocycles. The van der Waals surface area contributed by atoms with Crippen molar-refractivity contribution in [3.8, 4) is 0 Å². The highest BCUT2D eigenvalue weighted by molar-refractivity contribution is 9.10. The molecule has 2 rings (SSSR count). The van der Waals surface area contributed by atoms with Crippen LogP contribution in [0.25, 0.3) is 0 Å². The first-order valence-electron chi connectivity index (χ1n) is 5.01. The maximum absolute atomic E-state index is 4.28. The first kappa shape index (κ1) is 11.1. The van der Waals surface area contributed by atoms with E-state index in [4.69, 9.17) is 0 Å². The van der Waals surface area contributed by atoms with E-state index in [1.807, 2.05) is 37.4 Å². The average molecular weight is 278 g/mol. The van der Waals surface area contributed by atoms with Crippen LogP contribution in [0.5, 0.6) is 0 Å². The van der Waals surface area contributed by atoms with Crippen LogP contribution in [0.3, 0.4) is 0 Å². The van der Waals surface area contributed by atoms with E-state index < -0.39 is 0 Å². The van der Waals surface area contributed by atoms with Crippen LogP contribution in [0.2, 0.25) is 0 Å². The highest BCUT2D eigenvalue weighted by Crippen LogP contribution is 2.10. The predicted octanol–water partition coefficient (Wildman–Crippen LogP) is 3.16. The molecule has 0 unspecified atom stereocenters. The first-order chi connectivity index (χ1) is 7.74. The van der Waals surface area contributed by atoms with Crippen LogP contribution in [-0.2, 0) is 6.54 Å². The maximum Gasteiger partial charge on any atom is 0.0595 e. The fourth-order valence-corrected chi connectivity index (χ4v) is 1.51. The van der Waals surface area contributed by atoms with Gasteiger partial charge in [0.1, 0.15) is 0 Å². The molecule has 0 aliphatic carbocycles. The van der Waals surface area contributed by atoms with E-state index in [9.17, 15) is 0 Å². The van der Waals surface area contributed by atoms with Crippen LogP contribution in [-0.4, -0.2) is 9.97 Å². The van der Waals surface area contributed by atoms with Gasteiger partial charge in [-0.2, -0.15) is 0 Å². The van der Waals surface area contributed by atoms with Crippen molar-refractivity contribution in [1.82, 2.24) is 9.97 Å². The Morgan fingerprint density at radius 2 is 2.00 bits per heavy atom. The monoisotopic (exact) mass is 277 g/mol. The summed E-state index contributed by atoms with van der Waals surface area (Å²) in [5.41, 5.74) is 3.03. The van der Waals surface area contributed by atoms with E-state index in [0.717, 1.165) is 21.5 Å². The van der Waals surface area contributed by atoms with Crippen molar-refractivity contribution >= 4 is 21.6 Å². The van der Waals surface area contributed by atoms with Gasteiger partial charge in [0.05, 0.1) is 24.1 Å². The second-order valence-corrected chi connectivity index (χ2v) is 4.43. The van der Waals surface area contributed by atoms with Crippen molar-refractivity contribution in [1.29, 1.82) is 0 Å². The number of rotatable bonds is 3. The normalized spacial score (nSPS) is 10.1. The molecule has 0 saturated carbocycles. The van der Waals surface area contributed by atoms with E-state index >= 15 is 0 Å². The largest absolute Gasteiger partial charge is 0.378 e. The van der Waals surface area contributed by atoms with Gasteiger partial charge in [0.15, 0.2) is 0 Å².